The van der Waals surface area contributed by atoms with Crippen molar-refractivity contribution in [1.82, 2.24) is 14.9 Å². The molecular weight excluding hydrogens is 278 g/mol. The van der Waals surface area contributed by atoms with E-state index in [-0.39, 0.29) is 0 Å². The Hall–Kier alpha value is -1.13. The van der Waals surface area contributed by atoms with E-state index < -0.39 is 0 Å². The lowest BCUT2D eigenvalue weighted by Gasteiger charge is -2.28. The molecule has 1 aromatic carbocycles. The Morgan fingerprint density at radius 2 is 2.18 bits per heavy atom. The maximum absolute atomic E-state index is 4.28. The minimum absolute atomic E-state index is 0.594. The third-order valence-corrected chi connectivity index (χ3v) is 3.63. The largest absolute Gasteiger partial charge is 0.315 e. The van der Waals surface area contributed by atoms with Crippen LogP contribution in [0.25, 0.3) is 5.69 Å². The molecule has 0 radical (unpaired) electrons. The molecule has 0 bridgehead atoms. The van der Waals surface area contributed by atoms with Crippen molar-refractivity contribution in [3.8, 4) is 5.69 Å². The molecule has 2 heterocycles. The summed E-state index contributed by atoms with van der Waals surface area (Å²) in [4.78, 5) is 4.28. The number of nitrogens with one attached hydrogen (secondary N) is 1. The Balaban J connectivity index is 2.05. The molecule has 17 heavy (non-hydrogen) atoms. The van der Waals surface area contributed by atoms with Crippen LogP contribution >= 0.6 is 15.9 Å². The topological polar surface area (TPSA) is 29.9 Å². The maximum Gasteiger partial charge on any atom is 0.0994 e. The van der Waals surface area contributed by atoms with Gasteiger partial charge in [-0.25, -0.2) is 4.98 Å². The summed E-state index contributed by atoms with van der Waals surface area (Å²) in [6.45, 7) is 4.22. The fourth-order valence-corrected chi connectivity index (χ4v) is 2.77. The molecule has 1 aliphatic rings. The zero-order valence-electron chi connectivity index (χ0n) is 9.65. The van der Waals surface area contributed by atoms with Crippen LogP contribution in [0, 0.1) is 6.92 Å². The minimum Gasteiger partial charge on any atom is -0.315 e. The molecular formula is C13H14BrN3. The van der Waals surface area contributed by atoms with Crippen LogP contribution in [0.3, 0.4) is 0 Å². The highest BCUT2D eigenvalue weighted by Crippen LogP contribution is 2.25. The van der Waals surface area contributed by atoms with Gasteiger partial charge in [-0.05, 0) is 30.7 Å². The highest BCUT2D eigenvalue weighted by molar-refractivity contribution is 9.10. The van der Waals surface area contributed by atoms with Crippen LogP contribution in [0.1, 0.15) is 17.2 Å². The van der Waals surface area contributed by atoms with Gasteiger partial charge in [0.2, 0.25) is 0 Å². The average molecular weight is 292 g/mol. The number of hydrogen-bond donors (Lipinski definition) is 1. The van der Waals surface area contributed by atoms with Crippen molar-refractivity contribution in [3.63, 3.8) is 0 Å². The predicted molar refractivity (Wildman–Crippen MR) is 71.6 cm³/mol. The summed E-state index contributed by atoms with van der Waals surface area (Å²) in [5.41, 5.74) is 3.72. The van der Waals surface area contributed by atoms with Crippen LogP contribution in [-0.4, -0.2) is 22.6 Å². The molecule has 3 nitrogen and oxygen atoms in total. The number of aryl methyl sites for hydroxylation is 1. The normalized spacial score (nSPS) is 15.9. The molecule has 1 aliphatic heterocycles. The minimum atomic E-state index is 0.594. The second-order valence-electron chi connectivity index (χ2n) is 4.53. The molecule has 2 aromatic rings. The first-order valence-electron chi connectivity index (χ1n) is 5.74. The van der Waals surface area contributed by atoms with Gasteiger partial charge in [0.15, 0.2) is 0 Å². The van der Waals surface area contributed by atoms with E-state index in [1.54, 1.807) is 0 Å². The lowest BCUT2D eigenvalue weighted by molar-refractivity contribution is 0.435. The summed E-state index contributed by atoms with van der Waals surface area (Å²) in [6, 6.07) is 6.43. The van der Waals surface area contributed by atoms with Crippen molar-refractivity contribution in [1.29, 1.82) is 0 Å². The lowest BCUT2D eigenvalue weighted by Crippen LogP contribution is -2.40. The van der Waals surface area contributed by atoms with E-state index in [1.807, 2.05) is 12.5 Å². The number of imidazole rings is 1. The van der Waals surface area contributed by atoms with E-state index in [9.17, 15) is 0 Å². The molecule has 0 saturated carbocycles. The van der Waals surface area contributed by atoms with Gasteiger partial charge in [-0.15, -0.1) is 0 Å². The number of halogens is 1. The smallest absolute Gasteiger partial charge is 0.0994 e. The van der Waals surface area contributed by atoms with Crippen LogP contribution < -0.4 is 5.32 Å². The van der Waals surface area contributed by atoms with E-state index in [0.717, 1.165) is 17.6 Å². The molecule has 1 saturated heterocycles. The van der Waals surface area contributed by atoms with Crippen LogP contribution in [0.5, 0.6) is 0 Å². The number of rotatable bonds is 2. The molecule has 88 valence electrons. The summed E-state index contributed by atoms with van der Waals surface area (Å²) in [5.74, 6) is 0.594. The number of hydrogen-bond acceptors (Lipinski definition) is 2. The predicted octanol–water partition coefficient (Wildman–Crippen LogP) is 2.63. The van der Waals surface area contributed by atoms with Crippen LogP contribution in [0.15, 0.2) is 35.2 Å². The molecule has 0 aliphatic carbocycles. The molecule has 0 spiro atoms. The first-order valence-corrected chi connectivity index (χ1v) is 6.54. The molecule has 0 unspecified atom stereocenters. The number of benzene rings is 1. The Bertz CT molecular complexity index is 523. The maximum atomic E-state index is 4.28. The summed E-state index contributed by atoms with van der Waals surface area (Å²) >= 11 is 3.55. The van der Waals surface area contributed by atoms with Crippen molar-refractivity contribution in [2.75, 3.05) is 13.1 Å². The monoisotopic (exact) mass is 291 g/mol. The Kier molecular flexibility index (Phi) is 2.76. The van der Waals surface area contributed by atoms with E-state index in [1.165, 1.54) is 16.9 Å². The summed E-state index contributed by atoms with van der Waals surface area (Å²) in [7, 11) is 0. The molecule has 0 atom stereocenters. The third kappa shape index (κ3) is 2.03. The van der Waals surface area contributed by atoms with Crippen molar-refractivity contribution in [3.05, 3.63) is 46.5 Å². The Morgan fingerprint density at radius 3 is 2.82 bits per heavy atom. The number of nitrogens with zero attached hydrogens (tertiary/aromatic N) is 2. The molecule has 3 rings (SSSR count). The van der Waals surface area contributed by atoms with Gasteiger partial charge in [-0.3, -0.25) is 0 Å². The van der Waals surface area contributed by atoms with E-state index in [2.05, 4.69) is 55.9 Å². The standard InChI is InChI=1S/C13H14BrN3/c1-9-2-11(14)4-12(3-9)17-8-16-7-13(17)10-5-15-6-10/h2-4,7-8,10,15H,5-6H2,1H3. The fourth-order valence-electron chi connectivity index (χ4n) is 2.18. The summed E-state index contributed by atoms with van der Waals surface area (Å²) in [5, 5.41) is 3.30. The fraction of sp³-hybridized carbons (Fsp3) is 0.308. The SMILES string of the molecule is Cc1cc(Br)cc(-n2cncc2C2CNC2)c1. The van der Waals surface area contributed by atoms with Crippen LogP contribution in [-0.2, 0) is 0 Å². The van der Waals surface area contributed by atoms with Gasteiger partial charge in [0, 0.05) is 41.1 Å². The second-order valence-corrected chi connectivity index (χ2v) is 5.45. The van der Waals surface area contributed by atoms with Crippen LogP contribution in [0.2, 0.25) is 0 Å². The van der Waals surface area contributed by atoms with Gasteiger partial charge in [-0.2, -0.15) is 0 Å². The zero-order chi connectivity index (χ0) is 11.8. The van der Waals surface area contributed by atoms with Gasteiger partial charge in [0.05, 0.1) is 6.33 Å². The van der Waals surface area contributed by atoms with Crippen molar-refractivity contribution >= 4 is 15.9 Å². The zero-order valence-corrected chi connectivity index (χ0v) is 11.2. The Labute approximate surface area is 109 Å². The molecule has 4 heteroatoms. The first-order chi connectivity index (χ1) is 8.24. The van der Waals surface area contributed by atoms with Crippen molar-refractivity contribution in [2.24, 2.45) is 0 Å². The molecule has 1 aromatic heterocycles. The van der Waals surface area contributed by atoms with Gasteiger partial charge in [0.1, 0.15) is 0 Å². The van der Waals surface area contributed by atoms with Gasteiger partial charge in [0.25, 0.3) is 0 Å². The Morgan fingerprint density at radius 1 is 1.35 bits per heavy atom. The summed E-state index contributed by atoms with van der Waals surface area (Å²) < 4.78 is 3.29. The van der Waals surface area contributed by atoms with Gasteiger partial charge < -0.3 is 9.88 Å². The van der Waals surface area contributed by atoms with Crippen molar-refractivity contribution < 1.29 is 0 Å². The lowest BCUT2D eigenvalue weighted by atomic mass is 9.99. The summed E-state index contributed by atoms with van der Waals surface area (Å²) in [6.07, 6.45) is 3.87. The van der Waals surface area contributed by atoms with Crippen molar-refractivity contribution in [2.45, 2.75) is 12.8 Å². The second kappa shape index (κ2) is 4.27. The van der Waals surface area contributed by atoms with Gasteiger partial charge >= 0.3 is 0 Å². The average Bonchev–Trinajstić information content (AvgIpc) is 2.62. The van der Waals surface area contributed by atoms with E-state index in [0.29, 0.717) is 5.92 Å². The van der Waals surface area contributed by atoms with Gasteiger partial charge in [-0.1, -0.05) is 15.9 Å². The highest BCUT2D eigenvalue weighted by Gasteiger charge is 2.22. The highest BCUT2D eigenvalue weighted by atomic mass is 79.9. The van der Waals surface area contributed by atoms with Crippen LogP contribution in [0.4, 0.5) is 0 Å². The number of aromatic nitrogens is 2. The first kappa shape index (κ1) is 11.0. The quantitative estimate of drug-likeness (QED) is 0.922. The molecule has 1 N–H and O–H groups in total. The van der Waals surface area contributed by atoms with E-state index in [4.69, 9.17) is 0 Å². The third-order valence-electron chi connectivity index (χ3n) is 3.17. The molecule has 1 fully saturated rings. The van der Waals surface area contributed by atoms with E-state index >= 15 is 0 Å². The molecule has 0 amide bonds.